The lowest BCUT2D eigenvalue weighted by Gasteiger charge is -2.07. The van der Waals surface area contributed by atoms with Crippen molar-refractivity contribution in [3.8, 4) is 0 Å². The second-order valence-corrected chi connectivity index (χ2v) is 5.58. The minimum Gasteiger partial charge on any atom is -0.458 e. The van der Waals surface area contributed by atoms with Crippen LogP contribution in [0.5, 0.6) is 0 Å². The molecule has 5 nitrogen and oxygen atoms in total. The molecular formula is C16H18N2O3S. The number of aryl methyl sites for hydroxylation is 2. The van der Waals surface area contributed by atoms with Crippen LogP contribution in [0.15, 0.2) is 40.0 Å². The second kappa shape index (κ2) is 7.79. The molecule has 2 heterocycles. The van der Waals surface area contributed by atoms with Gasteiger partial charge in [-0.15, -0.1) is 11.8 Å². The van der Waals surface area contributed by atoms with E-state index in [0.29, 0.717) is 16.3 Å². The van der Waals surface area contributed by atoms with E-state index in [0.717, 1.165) is 17.0 Å². The van der Waals surface area contributed by atoms with Gasteiger partial charge in [-0.2, -0.15) is 0 Å². The number of hydrogen-bond donors (Lipinski definition) is 0. The van der Waals surface area contributed by atoms with Crippen LogP contribution in [0.3, 0.4) is 0 Å². The number of pyridine rings is 1. The van der Waals surface area contributed by atoms with Crippen molar-refractivity contribution in [3.63, 3.8) is 0 Å². The van der Waals surface area contributed by atoms with Crippen LogP contribution >= 0.6 is 11.8 Å². The lowest BCUT2D eigenvalue weighted by Crippen LogP contribution is -2.07. The van der Waals surface area contributed by atoms with Crippen molar-refractivity contribution < 1.29 is 14.1 Å². The fraction of sp³-hybridized carbons (Fsp3) is 0.312. The first kappa shape index (κ1) is 16.3. The smallest absolute Gasteiger partial charge is 0.341 e. The van der Waals surface area contributed by atoms with Gasteiger partial charge in [-0.25, -0.2) is 9.78 Å². The first-order chi connectivity index (χ1) is 10.6. The first-order valence-electron chi connectivity index (χ1n) is 6.91. The van der Waals surface area contributed by atoms with Crippen LogP contribution in [0.1, 0.15) is 34.3 Å². The van der Waals surface area contributed by atoms with Crippen molar-refractivity contribution in [1.82, 2.24) is 10.1 Å². The van der Waals surface area contributed by atoms with Crippen molar-refractivity contribution in [2.24, 2.45) is 0 Å². The third-order valence-electron chi connectivity index (χ3n) is 3.07. The number of rotatable bonds is 6. The SMILES string of the molecule is C/C=C/COC(=O)c1cccnc1SCc1c(C)noc1C. The maximum Gasteiger partial charge on any atom is 0.341 e. The normalized spacial score (nSPS) is 11.0. The summed E-state index contributed by atoms with van der Waals surface area (Å²) in [5.41, 5.74) is 2.37. The summed E-state index contributed by atoms with van der Waals surface area (Å²) in [4.78, 5) is 16.4. The molecule has 22 heavy (non-hydrogen) atoms. The van der Waals surface area contributed by atoms with Gasteiger partial charge in [-0.3, -0.25) is 0 Å². The topological polar surface area (TPSA) is 65.2 Å². The summed E-state index contributed by atoms with van der Waals surface area (Å²) in [5, 5.41) is 4.57. The van der Waals surface area contributed by atoms with E-state index in [1.165, 1.54) is 11.8 Å². The van der Waals surface area contributed by atoms with Crippen LogP contribution in [0.25, 0.3) is 0 Å². The summed E-state index contributed by atoms with van der Waals surface area (Å²) in [6.07, 6.45) is 5.28. The summed E-state index contributed by atoms with van der Waals surface area (Å²) in [6, 6.07) is 3.45. The highest BCUT2D eigenvalue weighted by molar-refractivity contribution is 7.98. The molecule has 0 fully saturated rings. The lowest BCUT2D eigenvalue weighted by atomic mass is 10.2. The van der Waals surface area contributed by atoms with E-state index in [1.807, 2.05) is 26.8 Å². The van der Waals surface area contributed by atoms with Gasteiger partial charge in [0.05, 0.1) is 11.3 Å². The molecular weight excluding hydrogens is 300 g/mol. The Morgan fingerprint density at radius 3 is 2.95 bits per heavy atom. The van der Waals surface area contributed by atoms with E-state index < -0.39 is 0 Å². The number of carbonyl (C=O) groups is 1. The Hall–Kier alpha value is -2.08. The van der Waals surface area contributed by atoms with E-state index >= 15 is 0 Å². The van der Waals surface area contributed by atoms with Crippen molar-refractivity contribution in [2.45, 2.75) is 31.6 Å². The summed E-state index contributed by atoms with van der Waals surface area (Å²) in [5.74, 6) is 1.07. The minimum atomic E-state index is -0.368. The second-order valence-electron chi connectivity index (χ2n) is 4.62. The molecule has 0 saturated heterocycles. The predicted molar refractivity (Wildman–Crippen MR) is 84.9 cm³/mol. The molecule has 0 aromatic carbocycles. The van der Waals surface area contributed by atoms with Gasteiger partial charge < -0.3 is 9.26 Å². The number of carbonyl (C=O) groups excluding carboxylic acids is 1. The fourth-order valence-electron chi connectivity index (χ4n) is 1.81. The molecule has 0 atom stereocenters. The molecule has 2 aromatic heterocycles. The van der Waals surface area contributed by atoms with E-state index in [-0.39, 0.29) is 12.6 Å². The quantitative estimate of drug-likeness (QED) is 0.459. The maximum atomic E-state index is 12.1. The van der Waals surface area contributed by atoms with Crippen molar-refractivity contribution in [1.29, 1.82) is 0 Å². The molecule has 116 valence electrons. The molecule has 0 unspecified atom stereocenters. The van der Waals surface area contributed by atoms with Gasteiger partial charge in [0.25, 0.3) is 0 Å². The summed E-state index contributed by atoms with van der Waals surface area (Å²) in [6.45, 7) is 5.92. The van der Waals surface area contributed by atoms with Crippen LogP contribution in [0.4, 0.5) is 0 Å². The largest absolute Gasteiger partial charge is 0.458 e. The van der Waals surface area contributed by atoms with Crippen molar-refractivity contribution in [3.05, 3.63) is 53.1 Å². The molecule has 0 radical (unpaired) electrons. The number of hydrogen-bond acceptors (Lipinski definition) is 6. The molecule has 0 N–H and O–H groups in total. The van der Waals surface area contributed by atoms with Crippen LogP contribution in [-0.4, -0.2) is 22.7 Å². The summed E-state index contributed by atoms with van der Waals surface area (Å²) < 4.78 is 10.3. The highest BCUT2D eigenvalue weighted by Gasteiger charge is 2.16. The number of thioether (sulfide) groups is 1. The standard InChI is InChI=1S/C16H18N2O3S/c1-4-5-9-20-16(19)13-7-6-8-17-15(13)22-10-14-11(2)18-21-12(14)3/h4-8H,9-10H2,1-3H3/b5-4+. The highest BCUT2D eigenvalue weighted by Crippen LogP contribution is 2.27. The molecule has 2 rings (SSSR count). The van der Waals surface area contributed by atoms with Crippen LogP contribution in [0.2, 0.25) is 0 Å². The zero-order chi connectivity index (χ0) is 15.9. The molecule has 6 heteroatoms. The zero-order valence-electron chi connectivity index (χ0n) is 12.8. The summed E-state index contributed by atoms with van der Waals surface area (Å²) in [7, 11) is 0. The molecule has 0 aliphatic heterocycles. The third-order valence-corrected chi connectivity index (χ3v) is 4.10. The zero-order valence-corrected chi connectivity index (χ0v) is 13.6. The Morgan fingerprint density at radius 1 is 1.45 bits per heavy atom. The Bertz CT molecular complexity index is 660. The Labute approximate surface area is 133 Å². The highest BCUT2D eigenvalue weighted by atomic mass is 32.2. The van der Waals surface area contributed by atoms with Crippen molar-refractivity contribution in [2.75, 3.05) is 6.61 Å². The van der Waals surface area contributed by atoms with Gasteiger partial charge in [0.2, 0.25) is 0 Å². The molecule has 2 aromatic rings. The molecule has 0 amide bonds. The van der Waals surface area contributed by atoms with E-state index in [1.54, 1.807) is 24.4 Å². The van der Waals surface area contributed by atoms with E-state index in [2.05, 4.69) is 10.1 Å². The number of nitrogens with zero attached hydrogens (tertiary/aromatic N) is 2. The average molecular weight is 318 g/mol. The lowest BCUT2D eigenvalue weighted by molar-refractivity contribution is 0.0544. The molecule has 0 bridgehead atoms. The fourth-order valence-corrected chi connectivity index (χ4v) is 2.94. The van der Waals surface area contributed by atoms with E-state index in [4.69, 9.17) is 9.26 Å². The maximum absolute atomic E-state index is 12.1. The van der Waals surface area contributed by atoms with Gasteiger partial charge >= 0.3 is 5.97 Å². The molecule has 0 spiro atoms. The van der Waals surface area contributed by atoms with Gasteiger partial charge in [-0.05, 0) is 32.9 Å². The molecule has 0 aliphatic rings. The monoisotopic (exact) mass is 318 g/mol. The number of esters is 1. The number of aromatic nitrogens is 2. The summed E-state index contributed by atoms with van der Waals surface area (Å²) >= 11 is 1.47. The van der Waals surface area contributed by atoms with Gasteiger partial charge in [0, 0.05) is 17.5 Å². The number of ether oxygens (including phenoxy) is 1. The Kier molecular flexibility index (Phi) is 5.77. The van der Waals surface area contributed by atoms with Crippen LogP contribution in [-0.2, 0) is 10.5 Å². The van der Waals surface area contributed by atoms with Gasteiger partial charge in [0.1, 0.15) is 17.4 Å². The van der Waals surface area contributed by atoms with Gasteiger partial charge in [-0.1, -0.05) is 17.3 Å². The number of allylic oxidation sites excluding steroid dienone is 1. The molecule has 0 saturated carbocycles. The molecule has 0 aliphatic carbocycles. The average Bonchev–Trinajstić information content (AvgIpc) is 2.84. The van der Waals surface area contributed by atoms with E-state index in [9.17, 15) is 4.79 Å². The van der Waals surface area contributed by atoms with Gasteiger partial charge in [0.15, 0.2) is 0 Å². The van der Waals surface area contributed by atoms with Crippen molar-refractivity contribution >= 4 is 17.7 Å². The minimum absolute atomic E-state index is 0.262. The predicted octanol–water partition coefficient (Wildman–Crippen LogP) is 3.71. The Balaban J connectivity index is 2.10. The first-order valence-corrected chi connectivity index (χ1v) is 7.90. The van der Waals surface area contributed by atoms with Crippen LogP contribution < -0.4 is 0 Å². The van der Waals surface area contributed by atoms with Crippen LogP contribution in [0, 0.1) is 13.8 Å². The third kappa shape index (κ3) is 3.98. The Morgan fingerprint density at radius 2 is 2.27 bits per heavy atom.